The second kappa shape index (κ2) is 13.0. The largest absolute Gasteiger partial charge is 0.497 e. The first kappa shape index (κ1) is 24.8. The molecule has 5 heteroatoms. The van der Waals surface area contributed by atoms with Crippen molar-refractivity contribution >= 4 is 0 Å². The summed E-state index contributed by atoms with van der Waals surface area (Å²) in [6.45, 7) is 3.05. The molecule has 0 bridgehead atoms. The molecule has 0 aliphatic rings. The van der Waals surface area contributed by atoms with Gasteiger partial charge in [-0.2, -0.15) is 0 Å². The molecule has 0 radical (unpaired) electrons. The fourth-order valence-corrected chi connectivity index (χ4v) is 3.54. The molecule has 0 saturated heterocycles. The Bertz CT molecular complexity index is 873. The molecule has 0 spiro atoms. The lowest BCUT2D eigenvalue weighted by molar-refractivity contribution is -0.181. The van der Waals surface area contributed by atoms with E-state index in [1.165, 1.54) is 0 Å². The Labute approximate surface area is 196 Å². The van der Waals surface area contributed by atoms with Crippen LogP contribution in [0.15, 0.2) is 84.9 Å². The van der Waals surface area contributed by atoms with Crippen molar-refractivity contribution in [3.05, 3.63) is 96.1 Å². The van der Waals surface area contributed by atoms with Gasteiger partial charge in [-0.1, -0.05) is 80.4 Å². The molecular weight excluding hydrogens is 416 g/mol. The van der Waals surface area contributed by atoms with Crippen molar-refractivity contribution in [2.75, 3.05) is 26.9 Å². The van der Waals surface area contributed by atoms with Gasteiger partial charge in [0.2, 0.25) is 0 Å². The molecule has 0 aliphatic heterocycles. The lowest BCUT2D eigenvalue weighted by Gasteiger charge is -2.36. The van der Waals surface area contributed by atoms with Crippen molar-refractivity contribution in [2.45, 2.75) is 38.1 Å². The number of hydrogen-bond acceptors (Lipinski definition) is 5. The van der Waals surface area contributed by atoms with Crippen molar-refractivity contribution < 1.29 is 24.1 Å². The Kier molecular flexibility index (Phi) is 9.76. The third-order valence-corrected chi connectivity index (χ3v) is 5.31. The maximum absolute atomic E-state index is 10.6. The van der Waals surface area contributed by atoms with Crippen molar-refractivity contribution in [1.29, 1.82) is 0 Å². The van der Waals surface area contributed by atoms with Crippen LogP contribution < -0.4 is 9.47 Å². The van der Waals surface area contributed by atoms with Crippen LogP contribution in [0.2, 0.25) is 0 Å². The van der Waals surface area contributed by atoms with Gasteiger partial charge in [-0.25, -0.2) is 0 Å². The van der Waals surface area contributed by atoms with E-state index >= 15 is 0 Å². The van der Waals surface area contributed by atoms with Crippen LogP contribution in [0.4, 0.5) is 0 Å². The maximum atomic E-state index is 10.6. The number of benzene rings is 3. The average Bonchev–Trinajstić information content (AvgIpc) is 2.88. The molecule has 0 aromatic heterocycles. The molecule has 1 atom stereocenters. The van der Waals surface area contributed by atoms with Gasteiger partial charge in [-0.15, -0.1) is 0 Å². The Morgan fingerprint density at radius 3 is 1.88 bits per heavy atom. The van der Waals surface area contributed by atoms with Gasteiger partial charge in [0, 0.05) is 17.7 Å². The lowest BCUT2D eigenvalue weighted by Crippen LogP contribution is -2.40. The van der Waals surface area contributed by atoms with Crippen molar-refractivity contribution in [3.8, 4) is 11.5 Å². The van der Waals surface area contributed by atoms with Gasteiger partial charge in [0.1, 0.15) is 17.6 Å². The van der Waals surface area contributed by atoms with Gasteiger partial charge in [-0.3, -0.25) is 0 Å². The van der Waals surface area contributed by atoms with Gasteiger partial charge < -0.3 is 24.1 Å². The van der Waals surface area contributed by atoms with Crippen LogP contribution in [0.25, 0.3) is 0 Å². The molecule has 176 valence electrons. The lowest BCUT2D eigenvalue weighted by atomic mass is 9.96. The quantitative estimate of drug-likeness (QED) is 0.257. The smallest absolute Gasteiger partial charge is 0.264 e. The zero-order chi connectivity index (χ0) is 23.4. The molecule has 0 amide bonds. The van der Waals surface area contributed by atoms with Gasteiger partial charge >= 0.3 is 0 Å². The predicted octanol–water partition coefficient (Wildman–Crippen LogP) is 5.56. The number of unbranched alkanes of at least 4 members (excludes halogenated alkanes) is 2. The Hall–Kier alpha value is -2.86. The van der Waals surface area contributed by atoms with Crippen LogP contribution in [0.5, 0.6) is 11.5 Å². The van der Waals surface area contributed by atoms with Crippen molar-refractivity contribution in [1.82, 2.24) is 0 Å². The summed E-state index contributed by atoms with van der Waals surface area (Å²) in [5, 5.41) is 10.6. The summed E-state index contributed by atoms with van der Waals surface area (Å²) in [7, 11) is 1.63. The van der Waals surface area contributed by atoms with E-state index in [4.69, 9.17) is 18.9 Å². The van der Waals surface area contributed by atoms with E-state index in [-0.39, 0.29) is 13.2 Å². The molecule has 0 fully saturated rings. The van der Waals surface area contributed by atoms with Crippen LogP contribution in [0, 0.1) is 0 Å². The van der Waals surface area contributed by atoms with E-state index in [0.717, 1.165) is 36.1 Å². The first-order valence-electron chi connectivity index (χ1n) is 11.5. The van der Waals surface area contributed by atoms with Crippen LogP contribution in [0.1, 0.15) is 37.3 Å². The van der Waals surface area contributed by atoms with Gasteiger partial charge in [0.05, 0.1) is 20.3 Å². The molecule has 0 saturated carbocycles. The average molecular weight is 451 g/mol. The molecule has 0 heterocycles. The third-order valence-electron chi connectivity index (χ3n) is 5.31. The monoisotopic (exact) mass is 450 g/mol. The number of ether oxygens (including phenoxy) is 4. The van der Waals surface area contributed by atoms with Crippen LogP contribution >= 0.6 is 0 Å². The van der Waals surface area contributed by atoms with E-state index in [0.29, 0.717) is 12.4 Å². The zero-order valence-electron chi connectivity index (χ0n) is 19.5. The van der Waals surface area contributed by atoms with E-state index in [1.807, 2.05) is 84.9 Å². The topological polar surface area (TPSA) is 57.2 Å². The second-order valence-corrected chi connectivity index (χ2v) is 7.87. The number of hydrogen-bond donors (Lipinski definition) is 1. The highest BCUT2D eigenvalue weighted by Gasteiger charge is 2.39. The number of aliphatic hydroxyl groups is 1. The highest BCUT2D eigenvalue weighted by atomic mass is 16.7. The van der Waals surface area contributed by atoms with E-state index in [1.54, 1.807) is 7.11 Å². The first-order chi connectivity index (χ1) is 16.2. The molecule has 1 N–H and O–H groups in total. The third kappa shape index (κ3) is 7.06. The molecule has 3 aromatic rings. The molecular formula is C28H34O5. The molecule has 5 nitrogen and oxygen atoms in total. The maximum Gasteiger partial charge on any atom is 0.264 e. The minimum atomic E-state index is -1.25. The van der Waals surface area contributed by atoms with Crippen LogP contribution in [-0.4, -0.2) is 38.1 Å². The van der Waals surface area contributed by atoms with Crippen molar-refractivity contribution in [2.24, 2.45) is 0 Å². The minimum Gasteiger partial charge on any atom is -0.497 e. The Morgan fingerprint density at radius 1 is 0.758 bits per heavy atom. The molecule has 33 heavy (non-hydrogen) atoms. The summed E-state index contributed by atoms with van der Waals surface area (Å²) in [5.41, 5.74) is 1.64. The summed E-state index contributed by atoms with van der Waals surface area (Å²) in [6.07, 6.45) is 2.46. The highest BCUT2D eigenvalue weighted by molar-refractivity contribution is 5.38. The normalized spacial score (nSPS) is 12.3. The van der Waals surface area contributed by atoms with Crippen LogP contribution in [0.3, 0.4) is 0 Å². The molecule has 0 aliphatic carbocycles. The highest BCUT2D eigenvalue weighted by Crippen LogP contribution is 2.37. The van der Waals surface area contributed by atoms with E-state index in [9.17, 15) is 5.11 Å². The SMILES string of the molecule is CCCCCOCC(O)COC(Oc1ccc(OC)cc1)(c1ccccc1)c1ccccc1. The van der Waals surface area contributed by atoms with Crippen LogP contribution in [-0.2, 0) is 15.3 Å². The zero-order valence-corrected chi connectivity index (χ0v) is 19.5. The Balaban J connectivity index is 1.86. The van der Waals surface area contributed by atoms with Gasteiger partial charge in [0.25, 0.3) is 5.79 Å². The Morgan fingerprint density at radius 2 is 1.33 bits per heavy atom. The first-order valence-corrected chi connectivity index (χ1v) is 11.5. The predicted molar refractivity (Wildman–Crippen MR) is 130 cm³/mol. The molecule has 3 aromatic carbocycles. The summed E-state index contributed by atoms with van der Waals surface area (Å²) >= 11 is 0. The standard InChI is InChI=1S/C28H34O5/c1-3-4-11-20-31-21-25(29)22-32-28(23-12-7-5-8-13-23,24-14-9-6-10-15-24)33-27-18-16-26(30-2)17-19-27/h5-10,12-19,25,29H,3-4,11,20-22H2,1-2H3. The van der Waals surface area contributed by atoms with E-state index in [2.05, 4.69) is 6.92 Å². The summed E-state index contributed by atoms with van der Waals surface area (Å²) in [4.78, 5) is 0. The fourth-order valence-electron chi connectivity index (χ4n) is 3.54. The fraction of sp³-hybridized carbons (Fsp3) is 0.357. The molecule has 1 unspecified atom stereocenters. The summed E-state index contributed by atoms with van der Waals surface area (Å²) in [6, 6.07) is 26.9. The van der Waals surface area contributed by atoms with Gasteiger partial charge in [-0.05, 0) is 30.7 Å². The second-order valence-electron chi connectivity index (χ2n) is 7.87. The summed E-state index contributed by atoms with van der Waals surface area (Å²) in [5.74, 6) is 0.109. The number of aliphatic hydroxyl groups excluding tert-OH is 1. The van der Waals surface area contributed by atoms with Gasteiger partial charge in [0.15, 0.2) is 0 Å². The summed E-state index contributed by atoms with van der Waals surface area (Å²) < 4.78 is 23.9. The van der Waals surface area contributed by atoms with E-state index < -0.39 is 11.9 Å². The number of rotatable bonds is 14. The van der Waals surface area contributed by atoms with Crippen molar-refractivity contribution in [3.63, 3.8) is 0 Å². The number of methoxy groups -OCH3 is 1. The minimum absolute atomic E-state index is 0.0493. The molecule has 3 rings (SSSR count).